The molecule has 2 heteroatoms. The van der Waals surface area contributed by atoms with E-state index in [0.29, 0.717) is 5.76 Å². The van der Waals surface area contributed by atoms with Crippen molar-refractivity contribution in [1.29, 1.82) is 0 Å². The van der Waals surface area contributed by atoms with Gasteiger partial charge in [-0.2, -0.15) is 0 Å². The summed E-state index contributed by atoms with van der Waals surface area (Å²) >= 11 is 0. The smallest absolute Gasteiger partial charge is 0.152 e. The third-order valence-corrected chi connectivity index (χ3v) is 1.78. The van der Waals surface area contributed by atoms with E-state index in [1.165, 1.54) is 5.57 Å². The second kappa shape index (κ2) is 7.47. The molecule has 2 nitrogen and oxygen atoms in total. The van der Waals surface area contributed by atoms with Gasteiger partial charge in [0, 0.05) is 0 Å². The van der Waals surface area contributed by atoms with Crippen molar-refractivity contribution in [1.82, 2.24) is 0 Å². The number of aliphatic hydroxyl groups is 1. The van der Waals surface area contributed by atoms with Crippen LogP contribution >= 0.6 is 0 Å². The summed E-state index contributed by atoms with van der Waals surface area (Å²) in [6.07, 6.45) is 8.81. The van der Waals surface area contributed by atoms with E-state index in [9.17, 15) is 0 Å². The lowest BCUT2D eigenvalue weighted by atomic mass is 10.1. The molecular weight excluding hydrogens is 164 g/mol. The van der Waals surface area contributed by atoms with E-state index in [1.54, 1.807) is 7.11 Å². The van der Waals surface area contributed by atoms with E-state index < -0.39 is 0 Å². The lowest BCUT2D eigenvalue weighted by Crippen LogP contribution is -1.86. The molecule has 13 heavy (non-hydrogen) atoms. The van der Waals surface area contributed by atoms with Crippen molar-refractivity contribution >= 4 is 0 Å². The van der Waals surface area contributed by atoms with Gasteiger partial charge in [0.05, 0.1) is 7.11 Å². The molecular formula is C11H18O2. The quantitative estimate of drug-likeness (QED) is 0.401. The first-order chi connectivity index (χ1) is 6.28. The minimum Gasteiger partial charge on any atom is -0.512 e. The molecule has 0 aliphatic carbocycles. The van der Waals surface area contributed by atoms with Gasteiger partial charge in [-0.3, -0.25) is 0 Å². The van der Waals surface area contributed by atoms with Crippen LogP contribution in [0.2, 0.25) is 0 Å². The number of aliphatic hydroxyl groups excluding tert-OH is 1. The van der Waals surface area contributed by atoms with Crippen molar-refractivity contribution < 1.29 is 9.84 Å². The van der Waals surface area contributed by atoms with Crippen LogP contribution in [-0.4, -0.2) is 12.2 Å². The molecule has 0 aromatic heterocycles. The Morgan fingerprint density at radius 1 is 1.46 bits per heavy atom. The molecule has 0 amide bonds. The summed E-state index contributed by atoms with van der Waals surface area (Å²) in [6.45, 7) is 4.08. The topological polar surface area (TPSA) is 29.5 Å². The minimum absolute atomic E-state index is 0.501. The van der Waals surface area contributed by atoms with E-state index in [4.69, 9.17) is 9.84 Å². The van der Waals surface area contributed by atoms with Gasteiger partial charge in [-0.25, -0.2) is 0 Å². The molecule has 0 saturated carbocycles. The third kappa shape index (κ3) is 5.12. The van der Waals surface area contributed by atoms with Crippen LogP contribution in [0.4, 0.5) is 0 Å². The Hall–Kier alpha value is -1.18. The fourth-order valence-corrected chi connectivity index (χ4v) is 0.925. The Morgan fingerprint density at radius 2 is 2.15 bits per heavy atom. The van der Waals surface area contributed by atoms with Gasteiger partial charge < -0.3 is 9.84 Å². The number of hydrogen-bond acceptors (Lipinski definition) is 2. The summed E-state index contributed by atoms with van der Waals surface area (Å²) in [5.74, 6) is 0.501. The minimum atomic E-state index is 0.501. The number of methoxy groups -OCH3 is 1. The first-order valence-corrected chi connectivity index (χ1v) is 4.47. The third-order valence-electron chi connectivity index (χ3n) is 1.78. The number of ether oxygens (including phenoxy) is 1. The fraction of sp³-hybridized carbons (Fsp3) is 0.455. The molecule has 1 N–H and O–H groups in total. The molecule has 0 spiro atoms. The molecule has 0 heterocycles. The zero-order chi connectivity index (χ0) is 10.1. The van der Waals surface area contributed by atoms with Gasteiger partial charge in [-0.05, 0) is 25.8 Å². The van der Waals surface area contributed by atoms with E-state index in [-0.39, 0.29) is 0 Å². The van der Waals surface area contributed by atoms with Crippen LogP contribution in [0.3, 0.4) is 0 Å². The Bertz CT molecular complexity index is 212. The van der Waals surface area contributed by atoms with Crippen molar-refractivity contribution in [3.8, 4) is 0 Å². The highest BCUT2D eigenvalue weighted by atomic mass is 16.5. The summed E-state index contributed by atoms with van der Waals surface area (Å²) in [7, 11) is 1.54. The molecule has 0 bridgehead atoms. The Kier molecular flexibility index (Phi) is 6.79. The van der Waals surface area contributed by atoms with Gasteiger partial charge in [-0.15, -0.1) is 0 Å². The van der Waals surface area contributed by atoms with Gasteiger partial charge in [0.15, 0.2) is 5.76 Å². The van der Waals surface area contributed by atoms with E-state index in [1.807, 2.05) is 19.1 Å². The maximum Gasteiger partial charge on any atom is 0.152 e. The van der Waals surface area contributed by atoms with Crippen LogP contribution in [0.1, 0.15) is 26.7 Å². The van der Waals surface area contributed by atoms with Crippen LogP contribution in [0.15, 0.2) is 35.8 Å². The highest BCUT2D eigenvalue weighted by Gasteiger charge is 1.95. The molecule has 74 valence electrons. The molecule has 0 aliphatic rings. The molecule has 0 saturated heterocycles. The van der Waals surface area contributed by atoms with Crippen LogP contribution in [0, 0.1) is 0 Å². The maximum absolute atomic E-state index is 8.75. The lowest BCUT2D eigenvalue weighted by Gasteiger charge is -2.02. The normalized spacial score (nSPS) is 13.8. The average molecular weight is 182 g/mol. The van der Waals surface area contributed by atoms with Crippen LogP contribution in [0.25, 0.3) is 0 Å². The summed E-state index contributed by atoms with van der Waals surface area (Å²) in [4.78, 5) is 0. The van der Waals surface area contributed by atoms with Gasteiger partial charge in [0.25, 0.3) is 0 Å². The van der Waals surface area contributed by atoms with Crippen molar-refractivity contribution in [3.63, 3.8) is 0 Å². The second-order valence-corrected chi connectivity index (χ2v) is 2.66. The highest BCUT2D eigenvalue weighted by Crippen LogP contribution is 2.11. The predicted molar refractivity (Wildman–Crippen MR) is 55.5 cm³/mol. The molecule has 0 atom stereocenters. The molecule has 0 aromatic rings. The molecule has 0 fully saturated rings. The van der Waals surface area contributed by atoms with Crippen LogP contribution in [0.5, 0.6) is 0 Å². The van der Waals surface area contributed by atoms with Gasteiger partial charge >= 0.3 is 0 Å². The molecule has 0 rings (SSSR count). The molecule has 0 radical (unpaired) electrons. The molecule has 0 aromatic carbocycles. The van der Waals surface area contributed by atoms with Crippen LogP contribution < -0.4 is 0 Å². The standard InChI is InChI=1S/C11H18O2/c1-4-6-7-10(5-2)8-11(9-12)13-3/h4,6,8-9,12H,5,7H2,1-3H3/b6-4-,10-8-,11-9-. The maximum atomic E-state index is 8.75. The number of hydrogen-bond donors (Lipinski definition) is 1. The largest absolute Gasteiger partial charge is 0.512 e. The zero-order valence-electron chi connectivity index (χ0n) is 8.58. The van der Waals surface area contributed by atoms with Gasteiger partial charge in [0.2, 0.25) is 0 Å². The van der Waals surface area contributed by atoms with Gasteiger partial charge in [-0.1, -0.05) is 24.6 Å². The van der Waals surface area contributed by atoms with Gasteiger partial charge in [0.1, 0.15) is 6.26 Å². The highest BCUT2D eigenvalue weighted by molar-refractivity contribution is 5.18. The molecule has 0 aliphatic heterocycles. The van der Waals surface area contributed by atoms with E-state index in [0.717, 1.165) is 19.1 Å². The zero-order valence-corrected chi connectivity index (χ0v) is 8.58. The predicted octanol–water partition coefficient (Wildman–Crippen LogP) is 3.33. The number of allylic oxidation sites excluding steroid dienone is 4. The fourth-order valence-electron chi connectivity index (χ4n) is 0.925. The monoisotopic (exact) mass is 182 g/mol. The summed E-state index contributed by atoms with van der Waals surface area (Å²) in [5.41, 5.74) is 1.24. The summed E-state index contributed by atoms with van der Waals surface area (Å²) in [6, 6.07) is 0. The Balaban J connectivity index is 4.36. The molecule has 0 unspecified atom stereocenters. The second-order valence-electron chi connectivity index (χ2n) is 2.66. The van der Waals surface area contributed by atoms with Crippen molar-refractivity contribution in [3.05, 3.63) is 35.8 Å². The number of rotatable bonds is 5. The van der Waals surface area contributed by atoms with Crippen molar-refractivity contribution in [2.75, 3.05) is 7.11 Å². The Labute approximate surface area is 80.2 Å². The van der Waals surface area contributed by atoms with Crippen molar-refractivity contribution in [2.24, 2.45) is 0 Å². The van der Waals surface area contributed by atoms with E-state index >= 15 is 0 Å². The summed E-state index contributed by atoms with van der Waals surface area (Å²) < 4.78 is 4.92. The first kappa shape index (κ1) is 11.8. The average Bonchev–Trinajstić information content (AvgIpc) is 2.19. The summed E-state index contributed by atoms with van der Waals surface area (Å²) in [5, 5.41) is 8.75. The van der Waals surface area contributed by atoms with Crippen LogP contribution in [-0.2, 0) is 4.74 Å². The SMILES string of the molecule is C/C=C\C/C(=C\C(=C\O)OC)CC. The van der Waals surface area contributed by atoms with Crippen molar-refractivity contribution in [2.45, 2.75) is 26.7 Å². The lowest BCUT2D eigenvalue weighted by molar-refractivity contribution is 0.285. The van der Waals surface area contributed by atoms with E-state index in [2.05, 4.69) is 13.0 Å². The first-order valence-electron chi connectivity index (χ1n) is 4.47. The Morgan fingerprint density at radius 3 is 2.54 bits per heavy atom.